The first-order valence-electron chi connectivity index (χ1n) is 7.08. The standard InChI is InChI=1S/C19H25/c1-4-7-15-19(16-8-5-2,17-9-6-3)18-13-11-10-12-14-18/h4-6,9,11-14H,1-2,7-8,15-17H2,3H3. The van der Waals surface area contributed by atoms with Crippen molar-refractivity contribution >= 4 is 0 Å². The molecular formula is C19H25. The Morgan fingerprint density at radius 3 is 2.16 bits per heavy atom. The molecule has 0 heteroatoms. The third-order valence-electron chi connectivity index (χ3n) is 3.73. The molecule has 0 amide bonds. The van der Waals surface area contributed by atoms with Crippen LogP contribution in [0.2, 0.25) is 0 Å². The Bertz CT molecular complexity index is 385. The Kier molecular flexibility index (Phi) is 6.95. The first kappa shape index (κ1) is 15.5. The summed E-state index contributed by atoms with van der Waals surface area (Å²) in [7, 11) is 0. The van der Waals surface area contributed by atoms with Crippen LogP contribution in [0.3, 0.4) is 0 Å². The van der Waals surface area contributed by atoms with Crippen LogP contribution >= 0.6 is 0 Å². The van der Waals surface area contributed by atoms with Crippen LogP contribution in [0.4, 0.5) is 0 Å². The zero-order chi connectivity index (χ0) is 14.0. The van der Waals surface area contributed by atoms with Crippen LogP contribution in [0.25, 0.3) is 0 Å². The molecule has 0 heterocycles. The van der Waals surface area contributed by atoms with Crippen molar-refractivity contribution in [2.45, 2.75) is 44.4 Å². The van der Waals surface area contributed by atoms with Gasteiger partial charge in [0.2, 0.25) is 0 Å². The van der Waals surface area contributed by atoms with Crippen LogP contribution in [-0.2, 0) is 5.41 Å². The van der Waals surface area contributed by atoms with E-state index >= 15 is 0 Å². The molecule has 1 radical (unpaired) electrons. The molecule has 0 unspecified atom stereocenters. The Labute approximate surface area is 118 Å². The lowest BCUT2D eigenvalue weighted by atomic mass is 9.71. The van der Waals surface area contributed by atoms with Crippen LogP contribution in [0, 0.1) is 6.07 Å². The van der Waals surface area contributed by atoms with E-state index in [9.17, 15) is 0 Å². The molecular weight excluding hydrogens is 228 g/mol. The number of rotatable bonds is 9. The van der Waals surface area contributed by atoms with Gasteiger partial charge in [-0.3, -0.25) is 0 Å². The molecule has 0 aliphatic carbocycles. The fourth-order valence-electron chi connectivity index (χ4n) is 2.58. The van der Waals surface area contributed by atoms with Gasteiger partial charge in [0, 0.05) is 0 Å². The molecule has 0 atom stereocenters. The molecule has 0 nitrogen and oxygen atoms in total. The second-order valence-corrected chi connectivity index (χ2v) is 5.00. The van der Waals surface area contributed by atoms with E-state index in [0.29, 0.717) is 0 Å². The van der Waals surface area contributed by atoms with Gasteiger partial charge in [-0.25, -0.2) is 0 Å². The smallest absolute Gasteiger partial charge is 0.000666 e. The maximum Gasteiger partial charge on any atom is -0.000666 e. The zero-order valence-corrected chi connectivity index (χ0v) is 12.1. The van der Waals surface area contributed by atoms with E-state index in [1.165, 1.54) is 5.56 Å². The van der Waals surface area contributed by atoms with Crippen LogP contribution in [-0.4, -0.2) is 0 Å². The Morgan fingerprint density at radius 1 is 1.11 bits per heavy atom. The van der Waals surface area contributed by atoms with Crippen molar-refractivity contribution in [2.75, 3.05) is 0 Å². The minimum absolute atomic E-state index is 0.198. The lowest BCUT2D eigenvalue weighted by Crippen LogP contribution is -2.25. The fraction of sp³-hybridized carbons (Fsp3) is 0.368. The summed E-state index contributed by atoms with van der Waals surface area (Å²) in [5.41, 5.74) is 1.61. The van der Waals surface area contributed by atoms with Gasteiger partial charge in [0.25, 0.3) is 0 Å². The quantitative estimate of drug-likeness (QED) is 0.501. The van der Waals surface area contributed by atoms with E-state index in [4.69, 9.17) is 0 Å². The van der Waals surface area contributed by atoms with E-state index < -0.39 is 0 Å². The fourth-order valence-corrected chi connectivity index (χ4v) is 2.58. The summed E-state index contributed by atoms with van der Waals surface area (Å²) in [5.74, 6) is 0. The highest BCUT2D eigenvalue weighted by molar-refractivity contribution is 5.26. The van der Waals surface area contributed by atoms with Crippen molar-refractivity contribution in [1.82, 2.24) is 0 Å². The van der Waals surface area contributed by atoms with E-state index in [0.717, 1.165) is 32.1 Å². The molecule has 0 bridgehead atoms. The second kappa shape index (κ2) is 8.53. The molecule has 0 saturated heterocycles. The van der Waals surface area contributed by atoms with Gasteiger partial charge in [0.15, 0.2) is 0 Å². The third kappa shape index (κ3) is 4.55. The number of allylic oxidation sites excluding steroid dienone is 4. The summed E-state index contributed by atoms with van der Waals surface area (Å²) in [6.07, 6.45) is 13.9. The van der Waals surface area contributed by atoms with E-state index in [1.54, 1.807) is 0 Å². The normalized spacial score (nSPS) is 11.6. The monoisotopic (exact) mass is 253 g/mol. The molecule has 0 saturated carbocycles. The summed E-state index contributed by atoms with van der Waals surface area (Å²) in [6.45, 7) is 9.84. The van der Waals surface area contributed by atoms with Crippen LogP contribution in [0.5, 0.6) is 0 Å². The molecule has 101 valence electrons. The Morgan fingerprint density at radius 2 is 1.68 bits per heavy atom. The van der Waals surface area contributed by atoms with Gasteiger partial charge in [0.05, 0.1) is 0 Å². The van der Waals surface area contributed by atoms with Crippen molar-refractivity contribution in [1.29, 1.82) is 0 Å². The maximum absolute atomic E-state index is 3.87. The van der Waals surface area contributed by atoms with Crippen molar-refractivity contribution < 1.29 is 0 Å². The first-order chi connectivity index (χ1) is 9.29. The summed E-state index contributed by atoms with van der Waals surface area (Å²) < 4.78 is 0. The average Bonchev–Trinajstić information content (AvgIpc) is 2.48. The lowest BCUT2D eigenvalue weighted by Gasteiger charge is -2.33. The topological polar surface area (TPSA) is 0 Å². The predicted molar refractivity (Wildman–Crippen MR) is 85.2 cm³/mol. The Balaban J connectivity index is 3.07. The predicted octanol–water partition coefficient (Wildman–Crippen LogP) is 5.62. The maximum atomic E-state index is 3.87. The molecule has 0 N–H and O–H groups in total. The number of hydrogen-bond acceptors (Lipinski definition) is 0. The van der Waals surface area contributed by atoms with Crippen molar-refractivity contribution in [3.8, 4) is 0 Å². The third-order valence-corrected chi connectivity index (χ3v) is 3.73. The van der Waals surface area contributed by atoms with Gasteiger partial charge in [-0.2, -0.15) is 0 Å². The molecule has 0 fully saturated rings. The van der Waals surface area contributed by atoms with Crippen molar-refractivity contribution in [2.24, 2.45) is 0 Å². The van der Waals surface area contributed by atoms with Gasteiger partial charge in [-0.15, -0.1) is 13.2 Å². The summed E-state index contributed by atoms with van der Waals surface area (Å²) >= 11 is 0. The van der Waals surface area contributed by atoms with Gasteiger partial charge in [0.1, 0.15) is 0 Å². The molecule has 0 spiro atoms. The molecule has 19 heavy (non-hydrogen) atoms. The largest absolute Gasteiger partial charge is 0.103 e. The highest BCUT2D eigenvalue weighted by atomic mass is 14.3. The highest BCUT2D eigenvalue weighted by Gasteiger charge is 2.29. The van der Waals surface area contributed by atoms with Crippen LogP contribution in [0.1, 0.15) is 44.6 Å². The van der Waals surface area contributed by atoms with E-state index in [1.807, 2.05) is 24.3 Å². The molecule has 0 aliphatic rings. The van der Waals surface area contributed by atoms with Crippen LogP contribution in [0.15, 0.2) is 61.7 Å². The summed E-state index contributed by atoms with van der Waals surface area (Å²) in [6, 6.07) is 11.6. The highest BCUT2D eigenvalue weighted by Crippen LogP contribution is 2.38. The van der Waals surface area contributed by atoms with E-state index in [2.05, 4.69) is 50.4 Å². The van der Waals surface area contributed by atoms with Crippen molar-refractivity contribution in [3.63, 3.8) is 0 Å². The average molecular weight is 253 g/mol. The lowest BCUT2D eigenvalue weighted by molar-refractivity contribution is 0.372. The van der Waals surface area contributed by atoms with Gasteiger partial charge >= 0.3 is 0 Å². The van der Waals surface area contributed by atoms with E-state index in [-0.39, 0.29) is 5.41 Å². The molecule has 0 aliphatic heterocycles. The molecule has 0 aromatic heterocycles. The van der Waals surface area contributed by atoms with Crippen LogP contribution < -0.4 is 0 Å². The summed E-state index contributed by atoms with van der Waals surface area (Å²) in [4.78, 5) is 0. The van der Waals surface area contributed by atoms with Crippen molar-refractivity contribution in [3.05, 3.63) is 73.4 Å². The van der Waals surface area contributed by atoms with Gasteiger partial charge < -0.3 is 0 Å². The van der Waals surface area contributed by atoms with Gasteiger partial charge in [-0.05, 0) is 56.1 Å². The molecule has 1 aromatic rings. The minimum atomic E-state index is 0.198. The number of hydrogen-bond donors (Lipinski definition) is 0. The summed E-state index contributed by atoms with van der Waals surface area (Å²) in [5, 5.41) is 0. The first-order valence-corrected chi connectivity index (χ1v) is 7.08. The molecule has 1 rings (SSSR count). The second-order valence-electron chi connectivity index (χ2n) is 5.00. The Hall–Kier alpha value is -1.56. The zero-order valence-electron chi connectivity index (χ0n) is 12.1. The number of benzene rings is 1. The van der Waals surface area contributed by atoms with Gasteiger partial charge in [-0.1, -0.05) is 48.6 Å². The SMILES string of the molecule is C=CCCC(CC=CC)(CCC=C)c1cc[c]cc1. The minimum Gasteiger partial charge on any atom is -0.103 e. The molecule has 1 aromatic carbocycles.